The number of amides is 3. The first-order chi connectivity index (χ1) is 14.1. The summed E-state index contributed by atoms with van der Waals surface area (Å²) < 4.78 is 30.6. The minimum Gasteiger partial charge on any atom is -0.452 e. The lowest BCUT2D eigenvalue weighted by Crippen LogP contribution is -2.44. The van der Waals surface area contributed by atoms with Gasteiger partial charge in [0.05, 0.1) is 15.4 Å². The Labute approximate surface area is 172 Å². The molecule has 10 heteroatoms. The number of urea groups is 1. The van der Waals surface area contributed by atoms with E-state index in [1.807, 2.05) is 5.32 Å². The number of ketones is 1. The van der Waals surface area contributed by atoms with E-state index in [1.165, 1.54) is 30.3 Å². The number of nitrogens with one attached hydrogen (secondary N) is 2. The van der Waals surface area contributed by atoms with Crippen LogP contribution in [-0.2, 0) is 19.4 Å². The van der Waals surface area contributed by atoms with Crippen molar-refractivity contribution in [1.29, 1.82) is 0 Å². The first-order valence-electron chi connectivity index (χ1n) is 8.91. The molecule has 3 amide bonds. The maximum atomic E-state index is 12.9. The van der Waals surface area contributed by atoms with E-state index in [4.69, 9.17) is 4.74 Å². The van der Waals surface area contributed by atoms with Gasteiger partial charge >= 0.3 is 12.0 Å². The lowest BCUT2D eigenvalue weighted by Gasteiger charge is -2.19. The maximum absolute atomic E-state index is 12.9. The number of hydrogen-bond donors (Lipinski definition) is 2. The minimum atomic E-state index is -4.01. The Morgan fingerprint density at radius 1 is 1.00 bits per heavy atom. The van der Waals surface area contributed by atoms with Crippen molar-refractivity contribution in [2.75, 3.05) is 6.61 Å². The van der Waals surface area contributed by atoms with Crippen molar-refractivity contribution in [1.82, 2.24) is 10.6 Å². The predicted octanol–water partition coefficient (Wildman–Crippen LogP) is 1.45. The van der Waals surface area contributed by atoms with E-state index in [2.05, 4.69) is 5.32 Å². The molecule has 3 rings (SSSR count). The summed E-state index contributed by atoms with van der Waals surface area (Å²) in [4.78, 5) is 47.6. The molecule has 1 heterocycles. The van der Waals surface area contributed by atoms with Crippen LogP contribution in [0, 0.1) is 0 Å². The number of benzene rings is 2. The molecule has 0 bridgehead atoms. The maximum Gasteiger partial charge on any atom is 0.338 e. The molecule has 156 valence electrons. The second-order valence-corrected chi connectivity index (χ2v) is 8.68. The van der Waals surface area contributed by atoms with Gasteiger partial charge in [0.2, 0.25) is 9.84 Å². The molecule has 30 heavy (non-hydrogen) atoms. The molecule has 0 aromatic heterocycles. The fraction of sp³-hybridized carbons (Fsp3) is 0.200. The van der Waals surface area contributed by atoms with Gasteiger partial charge < -0.3 is 10.1 Å². The standard InChI is InChI=1S/C20H18N2O7S/c1-11(2)21-20(26)22-17(23)10-29-19(25)12-7-8-14-16(9-12)30(27,28)15-6-4-3-5-13(15)18(14)24/h3-9,11H,10H2,1-2H3,(H2,21,22,23,26). The van der Waals surface area contributed by atoms with Crippen molar-refractivity contribution in [2.45, 2.75) is 29.7 Å². The number of carbonyl (C=O) groups is 4. The number of ether oxygens (including phenoxy) is 1. The molecular formula is C20H18N2O7S. The second kappa shape index (κ2) is 8.07. The summed E-state index contributed by atoms with van der Waals surface area (Å²) in [6.45, 7) is 2.67. The zero-order valence-corrected chi connectivity index (χ0v) is 16.9. The highest BCUT2D eigenvalue weighted by molar-refractivity contribution is 7.91. The summed E-state index contributed by atoms with van der Waals surface area (Å²) >= 11 is 0. The Kier molecular flexibility index (Phi) is 5.70. The molecule has 9 nitrogen and oxygen atoms in total. The number of rotatable bonds is 4. The van der Waals surface area contributed by atoms with Gasteiger partial charge in [-0.05, 0) is 44.2 Å². The van der Waals surface area contributed by atoms with E-state index < -0.39 is 40.1 Å². The SMILES string of the molecule is CC(C)NC(=O)NC(=O)COC(=O)c1ccc2c(c1)S(=O)(=O)c1ccccc1C2=O. The average Bonchev–Trinajstić information content (AvgIpc) is 2.69. The number of sulfone groups is 1. The number of imide groups is 1. The molecule has 0 radical (unpaired) electrons. The van der Waals surface area contributed by atoms with Crippen molar-refractivity contribution in [3.8, 4) is 0 Å². The third-order valence-corrected chi connectivity index (χ3v) is 6.03. The van der Waals surface area contributed by atoms with E-state index in [0.717, 1.165) is 6.07 Å². The van der Waals surface area contributed by atoms with Crippen molar-refractivity contribution in [2.24, 2.45) is 0 Å². The third kappa shape index (κ3) is 4.08. The monoisotopic (exact) mass is 430 g/mol. The van der Waals surface area contributed by atoms with Crippen LogP contribution in [0.3, 0.4) is 0 Å². The van der Waals surface area contributed by atoms with E-state index in [-0.39, 0.29) is 32.5 Å². The quantitative estimate of drug-likeness (QED) is 0.598. The summed E-state index contributed by atoms with van der Waals surface area (Å²) in [5, 5.41) is 4.43. The van der Waals surface area contributed by atoms with Gasteiger partial charge in [-0.1, -0.05) is 12.1 Å². The molecule has 2 aromatic carbocycles. The molecule has 0 saturated carbocycles. The van der Waals surface area contributed by atoms with E-state index >= 15 is 0 Å². The van der Waals surface area contributed by atoms with Gasteiger partial charge in [0.15, 0.2) is 12.4 Å². The average molecular weight is 430 g/mol. The molecule has 0 fully saturated rings. The van der Waals surface area contributed by atoms with Crippen LogP contribution in [-0.4, -0.2) is 44.8 Å². The molecule has 0 saturated heterocycles. The molecular weight excluding hydrogens is 412 g/mol. The van der Waals surface area contributed by atoms with Gasteiger partial charge in [-0.2, -0.15) is 0 Å². The van der Waals surface area contributed by atoms with Crippen LogP contribution in [0.15, 0.2) is 52.3 Å². The lowest BCUT2D eigenvalue weighted by atomic mass is 10.0. The van der Waals surface area contributed by atoms with Crippen LogP contribution in [0.1, 0.15) is 40.1 Å². The van der Waals surface area contributed by atoms with Crippen LogP contribution < -0.4 is 10.6 Å². The van der Waals surface area contributed by atoms with Crippen LogP contribution in [0.25, 0.3) is 0 Å². The van der Waals surface area contributed by atoms with Gasteiger partial charge in [-0.25, -0.2) is 18.0 Å². The molecule has 1 aliphatic rings. The van der Waals surface area contributed by atoms with Crippen molar-refractivity contribution < 1.29 is 32.3 Å². The van der Waals surface area contributed by atoms with Crippen molar-refractivity contribution in [3.05, 3.63) is 59.2 Å². The van der Waals surface area contributed by atoms with Crippen LogP contribution in [0.5, 0.6) is 0 Å². The zero-order valence-electron chi connectivity index (χ0n) is 16.1. The van der Waals surface area contributed by atoms with Gasteiger partial charge in [0.1, 0.15) is 0 Å². The Balaban J connectivity index is 1.77. The van der Waals surface area contributed by atoms with Gasteiger partial charge in [0.25, 0.3) is 5.91 Å². The summed E-state index contributed by atoms with van der Waals surface area (Å²) in [5.74, 6) is -2.29. The van der Waals surface area contributed by atoms with Crippen molar-refractivity contribution >= 4 is 33.5 Å². The molecule has 2 N–H and O–H groups in total. The summed E-state index contributed by atoms with van der Waals surface area (Å²) in [5.41, 5.74) is -0.131. The molecule has 2 aromatic rings. The largest absolute Gasteiger partial charge is 0.452 e. The molecule has 0 spiro atoms. The van der Waals surface area contributed by atoms with E-state index in [0.29, 0.717) is 0 Å². The summed E-state index contributed by atoms with van der Waals surface area (Å²) in [6.07, 6.45) is 0. The first kappa shape index (κ1) is 21.2. The van der Waals surface area contributed by atoms with Gasteiger partial charge in [-0.15, -0.1) is 0 Å². The van der Waals surface area contributed by atoms with Crippen LogP contribution >= 0.6 is 0 Å². The van der Waals surface area contributed by atoms with Crippen LogP contribution in [0.4, 0.5) is 4.79 Å². The second-order valence-electron chi connectivity index (χ2n) is 6.79. The van der Waals surface area contributed by atoms with E-state index in [1.54, 1.807) is 19.9 Å². The van der Waals surface area contributed by atoms with Crippen LogP contribution in [0.2, 0.25) is 0 Å². The Morgan fingerprint density at radius 2 is 1.67 bits per heavy atom. The number of esters is 1. The number of carbonyl (C=O) groups excluding carboxylic acids is 4. The van der Waals surface area contributed by atoms with E-state index in [9.17, 15) is 27.6 Å². The topological polar surface area (TPSA) is 136 Å². The smallest absolute Gasteiger partial charge is 0.338 e. The summed E-state index contributed by atoms with van der Waals surface area (Å²) in [7, 11) is -4.01. The highest BCUT2D eigenvalue weighted by Gasteiger charge is 2.35. The van der Waals surface area contributed by atoms with Crippen molar-refractivity contribution in [3.63, 3.8) is 0 Å². The highest BCUT2D eigenvalue weighted by atomic mass is 32.2. The highest BCUT2D eigenvalue weighted by Crippen LogP contribution is 2.34. The first-order valence-corrected chi connectivity index (χ1v) is 10.4. The number of fused-ring (bicyclic) bond motifs is 2. The Hall–Kier alpha value is -3.53. The molecule has 0 aliphatic carbocycles. The normalized spacial score (nSPS) is 13.8. The molecule has 0 unspecified atom stereocenters. The fourth-order valence-corrected chi connectivity index (χ4v) is 4.56. The number of hydrogen-bond acceptors (Lipinski definition) is 7. The Bertz CT molecular complexity index is 1170. The Morgan fingerprint density at radius 3 is 2.37 bits per heavy atom. The summed E-state index contributed by atoms with van der Waals surface area (Å²) in [6, 6.07) is 8.41. The third-order valence-electron chi connectivity index (χ3n) is 4.18. The van der Waals surface area contributed by atoms with Gasteiger partial charge in [0, 0.05) is 17.2 Å². The lowest BCUT2D eigenvalue weighted by molar-refractivity contribution is -0.123. The molecule has 0 atom stereocenters. The minimum absolute atomic E-state index is 0.0478. The van der Waals surface area contributed by atoms with Gasteiger partial charge in [-0.3, -0.25) is 14.9 Å². The molecule has 1 aliphatic heterocycles. The zero-order chi connectivity index (χ0) is 22.1. The fourth-order valence-electron chi connectivity index (χ4n) is 2.89. The predicted molar refractivity (Wildman–Crippen MR) is 104 cm³/mol.